The predicted octanol–water partition coefficient (Wildman–Crippen LogP) is 8.86. The smallest absolute Gasteiger partial charge is 0.192 e. The second kappa shape index (κ2) is 11.5. The van der Waals surface area contributed by atoms with E-state index in [2.05, 4.69) is 64.9 Å². The molecule has 0 unspecified atom stereocenters. The Balaban J connectivity index is 1.93. The second-order valence-corrected chi connectivity index (χ2v) is 16.5. The van der Waals surface area contributed by atoms with Crippen LogP contribution in [-0.4, -0.2) is 14.9 Å². The number of hydrogen-bond donors (Lipinski definition) is 1. The molecule has 5 heteroatoms. The van der Waals surface area contributed by atoms with Crippen LogP contribution in [0, 0.1) is 30.0 Å². The fourth-order valence-corrected chi connectivity index (χ4v) is 4.45. The van der Waals surface area contributed by atoms with Crippen LogP contribution >= 0.6 is 0 Å². The highest BCUT2D eigenvalue weighted by Gasteiger charge is 2.38. The van der Waals surface area contributed by atoms with Gasteiger partial charge in [0.15, 0.2) is 8.32 Å². The monoisotopic (exact) mass is 517 g/mol. The van der Waals surface area contributed by atoms with Crippen molar-refractivity contribution in [3.8, 4) is 17.6 Å². The van der Waals surface area contributed by atoms with Gasteiger partial charge in [-0.15, -0.1) is 0 Å². The van der Waals surface area contributed by atoms with Crippen molar-refractivity contribution < 1.29 is 13.6 Å². The van der Waals surface area contributed by atoms with Crippen LogP contribution in [0.2, 0.25) is 18.1 Å². The summed E-state index contributed by atoms with van der Waals surface area (Å²) in [5.74, 6) is 7.25. The van der Waals surface area contributed by atoms with E-state index >= 15 is 0 Å². The third-order valence-corrected chi connectivity index (χ3v) is 11.3. The van der Waals surface area contributed by atoms with Gasteiger partial charge in [0.2, 0.25) is 0 Å². The van der Waals surface area contributed by atoms with E-state index in [0.29, 0.717) is 30.2 Å². The Kier molecular flexibility index (Phi) is 8.89. The second-order valence-electron chi connectivity index (χ2n) is 11.7. The molecule has 3 nitrogen and oxygen atoms in total. The zero-order chi connectivity index (χ0) is 27.3. The van der Waals surface area contributed by atoms with Crippen LogP contribution in [0.4, 0.5) is 15.8 Å². The van der Waals surface area contributed by atoms with E-state index in [4.69, 9.17) is 9.16 Å². The summed E-state index contributed by atoms with van der Waals surface area (Å²) in [4.78, 5) is 0. The van der Waals surface area contributed by atoms with Gasteiger partial charge in [-0.1, -0.05) is 75.1 Å². The first-order chi connectivity index (χ1) is 17.3. The molecule has 0 spiro atoms. The predicted molar refractivity (Wildman–Crippen MR) is 155 cm³/mol. The van der Waals surface area contributed by atoms with Gasteiger partial charge < -0.3 is 14.5 Å². The number of anilines is 2. The summed E-state index contributed by atoms with van der Waals surface area (Å²) in [5, 5.41) is 3.48. The molecule has 0 aliphatic rings. The molecule has 3 aromatic rings. The molecule has 0 radical (unpaired) electrons. The Morgan fingerprint density at radius 3 is 2.27 bits per heavy atom. The number of halogens is 1. The number of benzene rings is 3. The van der Waals surface area contributed by atoms with Gasteiger partial charge in [-0.05, 0) is 74.3 Å². The molecule has 0 aliphatic heterocycles. The summed E-state index contributed by atoms with van der Waals surface area (Å²) in [6, 6.07) is 21.0. The molecule has 0 fully saturated rings. The number of nitrogens with one attached hydrogen (secondary N) is 1. The Morgan fingerprint density at radius 1 is 0.919 bits per heavy atom. The number of aryl methyl sites for hydroxylation is 1. The molecule has 0 atom stereocenters. The largest absolute Gasteiger partial charge is 0.488 e. The first-order valence-corrected chi connectivity index (χ1v) is 15.7. The van der Waals surface area contributed by atoms with Gasteiger partial charge in [-0.2, -0.15) is 0 Å². The first-order valence-electron chi connectivity index (χ1n) is 12.8. The minimum absolute atomic E-state index is 0.134. The average Bonchev–Trinajstić information content (AvgIpc) is 2.83. The summed E-state index contributed by atoms with van der Waals surface area (Å²) in [7, 11) is -1.90. The molecular formula is C32H40FNO2Si. The van der Waals surface area contributed by atoms with Crippen molar-refractivity contribution in [2.75, 3.05) is 11.9 Å². The van der Waals surface area contributed by atoms with E-state index in [1.807, 2.05) is 54.6 Å². The van der Waals surface area contributed by atoms with Crippen molar-refractivity contribution in [3.63, 3.8) is 0 Å². The van der Waals surface area contributed by atoms with Crippen LogP contribution in [0.5, 0.6) is 5.75 Å². The van der Waals surface area contributed by atoms with Crippen molar-refractivity contribution in [2.45, 2.75) is 66.3 Å². The number of ether oxygens (including phenoxy) is 1. The number of hydrogen-bond acceptors (Lipinski definition) is 3. The Hall–Kier alpha value is -3.07. The van der Waals surface area contributed by atoms with Gasteiger partial charge >= 0.3 is 0 Å². The summed E-state index contributed by atoms with van der Waals surface area (Å²) in [6.07, 6.45) is 0. The molecule has 196 valence electrons. The van der Waals surface area contributed by atoms with Crippen LogP contribution in [0.15, 0.2) is 66.7 Å². The molecule has 0 aliphatic carbocycles. The maximum Gasteiger partial charge on any atom is 0.192 e. The third kappa shape index (κ3) is 7.95. The topological polar surface area (TPSA) is 30.5 Å². The Bertz CT molecular complexity index is 1270. The highest BCUT2D eigenvalue weighted by molar-refractivity contribution is 6.74. The van der Waals surface area contributed by atoms with E-state index in [1.165, 1.54) is 6.07 Å². The molecule has 1 N–H and O–H groups in total. The molecule has 0 bridgehead atoms. The van der Waals surface area contributed by atoms with Gasteiger partial charge in [-0.25, -0.2) is 4.39 Å². The summed E-state index contributed by atoms with van der Waals surface area (Å²) >= 11 is 0. The zero-order valence-electron chi connectivity index (χ0n) is 23.5. The molecule has 0 amide bonds. The van der Waals surface area contributed by atoms with E-state index in [1.54, 1.807) is 13.0 Å². The van der Waals surface area contributed by atoms with E-state index in [-0.39, 0.29) is 16.3 Å². The zero-order valence-corrected chi connectivity index (χ0v) is 24.5. The van der Waals surface area contributed by atoms with Crippen molar-refractivity contribution in [1.82, 2.24) is 0 Å². The minimum atomic E-state index is -1.90. The van der Waals surface area contributed by atoms with Crippen LogP contribution in [0.25, 0.3) is 0 Å². The average molecular weight is 518 g/mol. The van der Waals surface area contributed by atoms with Crippen molar-refractivity contribution in [3.05, 3.63) is 89.2 Å². The lowest BCUT2D eigenvalue weighted by Gasteiger charge is -2.38. The third-order valence-electron chi connectivity index (χ3n) is 6.84. The fraction of sp³-hybridized carbons (Fsp3) is 0.375. The molecule has 0 heterocycles. The molecular weight excluding hydrogens is 477 g/mol. The highest BCUT2D eigenvalue weighted by atomic mass is 28.4. The van der Waals surface area contributed by atoms with Crippen LogP contribution < -0.4 is 10.1 Å². The Morgan fingerprint density at radius 2 is 1.62 bits per heavy atom. The SMILES string of the molecule is Cc1ccc(Nc2cccc(OCc3ccccc3)c2C#CC(C)(C)CO[Si](C)(C)C(C)(C)C)cc1F. The van der Waals surface area contributed by atoms with Crippen LogP contribution in [0.1, 0.15) is 51.3 Å². The van der Waals surface area contributed by atoms with Gasteiger partial charge in [-0.3, -0.25) is 0 Å². The Labute approximate surface area is 223 Å². The lowest BCUT2D eigenvalue weighted by atomic mass is 9.95. The van der Waals surface area contributed by atoms with Gasteiger partial charge in [0.1, 0.15) is 18.2 Å². The normalized spacial score (nSPS) is 12.0. The van der Waals surface area contributed by atoms with E-state index in [0.717, 1.165) is 16.8 Å². The highest BCUT2D eigenvalue weighted by Crippen LogP contribution is 2.37. The standard InChI is InChI=1S/C32H40FNO2Si/c1-24-17-18-26(21-28(24)33)34-29-15-12-16-30(35-22-25-13-10-9-11-14-25)27(29)19-20-32(5,6)23-36-37(7,8)31(2,3)4/h9-18,21,34H,22-23H2,1-8H3. The fourth-order valence-electron chi connectivity index (χ4n) is 3.29. The lowest BCUT2D eigenvalue weighted by molar-refractivity contribution is 0.209. The van der Waals surface area contributed by atoms with E-state index in [9.17, 15) is 4.39 Å². The maximum absolute atomic E-state index is 14.2. The van der Waals surface area contributed by atoms with Crippen molar-refractivity contribution >= 4 is 19.7 Å². The molecule has 37 heavy (non-hydrogen) atoms. The molecule has 3 rings (SSSR count). The molecule has 0 aromatic heterocycles. The van der Waals surface area contributed by atoms with Crippen molar-refractivity contribution in [2.24, 2.45) is 5.41 Å². The van der Waals surface area contributed by atoms with Crippen LogP contribution in [-0.2, 0) is 11.0 Å². The quantitative estimate of drug-likeness (QED) is 0.239. The first kappa shape index (κ1) is 28.5. The molecule has 0 saturated carbocycles. The van der Waals surface area contributed by atoms with Crippen LogP contribution in [0.3, 0.4) is 0 Å². The number of rotatable bonds is 8. The van der Waals surface area contributed by atoms with Gasteiger partial charge in [0.25, 0.3) is 0 Å². The minimum Gasteiger partial charge on any atom is -0.488 e. The van der Waals surface area contributed by atoms with Crippen molar-refractivity contribution in [1.29, 1.82) is 0 Å². The summed E-state index contributed by atoms with van der Waals surface area (Å²) < 4.78 is 26.9. The maximum atomic E-state index is 14.2. The van der Waals surface area contributed by atoms with Gasteiger partial charge in [0.05, 0.1) is 11.3 Å². The van der Waals surface area contributed by atoms with E-state index < -0.39 is 8.32 Å². The summed E-state index contributed by atoms with van der Waals surface area (Å²) in [5.41, 5.74) is 3.47. The van der Waals surface area contributed by atoms with Gasteiger partial charge in [0, 0.05) is 17.7 Å². The molecule has 0 saturated heterocycles. The molecule has 3 aromatic carbocycles. The lowest BCUT2D eigenvalue weighted by Crippen LogP contribution is -2.42. The summed E-state index contributed by atoms with van der Waals surface area (Å²) in [6.45, 7) is 18.2.